The molecule has 1 amide bonds. The molecule has 2 rings (SSSR count). The number of benzene rings is 1. The van der Waals surface area contributed by atoms with Gasteiger partial charge in [0.1, 0.15) is 5.76 Å². The van der Waals surface area contributed by atoms with Crippen LogP contribution in [0.25, 0.3) is 0 Å². The van der Waals surface area contributed by atoms with Crippen LogP contribution in [0.4, 0.5) is 11.5 Å². The summed E-state index contributed by atoms with van der Waals surface area (Å²) in [5.74, 6) is -0.855. The molecule has 9 nitrogen and oxygen atoms in total. The van der Waals surface area contributed by atoms with E-state index in [9.17, 15) is 19.7 Å². The highest BCUT2D eigenvalue weighted by molar-refractivity contribution is 6.33. The normalized spacial score (nSPS) is 11.6. The predicted octanol–water partition coefficient (Wildman–Crippen LogP) is 3.12. The molecule has 0 bridgehead atoms. The summed E-state index contributed by atoms with van der Waals surface area (Å²) in [7, 11) is 0. The van der Waals surface area contributed by atoms with Gasteiger partial charge in [0.2, 0.25) is 0 Å². The third-order valence-electron chi connectivity index (χ3n) is 3.17. The smallest absolute Gasteiger partial charge is 0.340 e. The highest BCUT2D eigenvalue weighted by atomic mass is 35.5. The second-order valence-electron chi connectivity index (χ2n) is 5.04. The van der Waals surface area contributed by atoms with Crippen molar-refractivity contribution in [3.63, 3.8) is 0 Å². The summed E-state index contributed by atoms with van der Waals surface area (Å²) in [5.41, 5.74) is -0.508. The number of aromatic nitrogens is 1. The van der Waals surface area contributed by atoms with Gasteiger partial charge in [-0.25, -0.2) is 4.79 Å². The first kappa shape index (κ1) is 18.4. The number of ether oxygens (including phenoxy) is 1. The number of rotatable bonds is 6. The fraction of sp³-hybridized carbons (Fsp3) is 0.267. The minimum atomic E-state index is -1.13. The number of carbonyl (C=O) groups is 2. The van der Waals surface area contributed by atoms with E-state index in [1.54, 1.807) is 13.8 Å². The average molecular weight is 368 g/mol. The highest BCUT2D eigenvalue weighted by Gasteiger charge is 2.25. The highest BCUT2D eigenvalue weighted by Crippen LogP contribution is 2.23. The zero-order chi connectivity index (χ0) is 18.6. The molecule has 1 heterocycles. The molecule has 0 spiro atoms. The molecule has 0 saturated heterocycles. The fourth-order valence-electron chi connectivity index (χ4n) is 1.93. The molecule has 1 aromatic carbocycles. The van der Waals surface area contributed by atoms with Crippen LogP contribution in [-0.2, 0) is 9.53 Å². The van der Waals surface area contributed by atoms with Crippen molar-refractivity contribution in [2.75, 3.05) is 5.32 Å². The molecule has 1 N–H and O–H groups in total. The van der Waals surface area contributed by atoms with Gasteiger partial charge in [0.25, 0.3) is 11.6 Å². The molecule has 0 aliphatic carbocycles. The monoisotopic (exact) mass is 367 g/mol. The standard InChI is InChI=1S/C15H14ClN3O6/c1-3-12(14(20)17-13-6-8(2)25-18-13)24-15(21)10-7-9(19(22)23)4-5-11(10)16/h4-7,12H,3H2,1-2H3,(H,17,18,20)/t12-/m0/s1. The Balaban J connectivity index is 2.12. The van der Waals surface area contributed by atoms with Crippen LogP contribution < -0.4 is 5.32 Å². The minimum absolute atomic E-state index is 0.0158. The summed E-state index contributed by atoms with van der Waals surface area (Å²) in [6.45, 7) is 3.30. The SMILES string of the molecule is CC[C@H](OC(=O)c1cc([N+](=O)[O-])ccc1Cl)C(=O)Nc1cc(C)on1. The largest absolute Gasteiger partial charge is 0.449 e. The van der Waals surface area contributed by atoms with Crippen LogP contribution in [0.2, 0.25) is 5.02 Å². The van der Waals surface area contributed by atoms with Crippen LogP contribution in [0, 0.1) is 17.0 Å². The Labute approximate surface area is 147 Å². The van der Waals surface area contributed by atoms with Crippen molar-refractivity contribution in [3.8, 4) is 0 Å². The first-order valence-electron chi connectivity index (χ1n) is 7.21. The maximum absolute atomic E-state index is 12.2. The molecule has 132 valence electrons. The Morgan fingerprint density at radius 3 is 2.72 bits per heavy atom. The second-order valence-corrected chi connectivity index (χ2v) is 5.44. The van der Waals surface area contributed by atoms with E-state index in [4.69, 9.17) is 20.9 Å². The number of nitrogens with one attached hydrogen (secondary N) is 1. The first-order chi connectivity index (χ1) is 11.8. The number of nitro groups is 1. The van der Waals surface area contributed by atoms with Crippen LogP contribution >= 0.6 is 11.6 Å². The number of esters is 1. The minimum Gasteiger partial charge on any atom is -0.449 e. The first-order valence-corrected chi connectivity index (χ1v) is 7.58. The summed E-state index contributed by atoms with van der Waals surface area (Å²) in [6, 6.07) is 4.88. The number of hydrogen-bond acceptors (Lipinski definition) is 7. The summed E-state index contributed by atoms with van der Waals surface area (Å²) >= 11 is 5.89. The van der Waals surface area contributed by atoms with E-state index in [1.807, 2.05) is 0 Å². The van der Waals surface area contributed by atoms with Crippen molar-refractivity contribution in [1.29, 1.82) is 0 Å². The van der Waals surface area contributed by atoms with Gasteiger partial charge in [0, 0.05) is 18.2 Å². The Hall–Kier alpha value is -2.94. The predicted molar refractivity (Wildman–Crippen MR) is 87.5 cm³/mol. The zero-order valence-corrected chi connectivity index (χ0v) is 14.1. The topological polar surface area (TPSA) is 125 Å². The maximum Gasteiger partial charge on any atom is 0.340 e. The second kappa shape index (κ2) is 7.75. The van der Waals surface area contributed by atoms with Gasteiger partial charge < -0.3 is 14.6 Å². The van der Waals surface area contributed by atoms with E-state index in [2.05, 4.69) is 10.5 Å². The number of hydrogen-bond donors (Lipinski definition) is 1. The number of nitro benzene ring substituents is 1. The molecule has 0 unspecified atom stereocenters. The number of halogens is 1. The van der Waals surface area contributed by atoms with Gasteiger partial charge in [0.15, 0.2) is 11.9 Å². The van der Waals surface area contributed by atoms with Crippen LogP contribution in [-0.4, -0.2) is 28.1 Å². The van der Waals surface area contributed by atoms with Crippen molar-refractivity contribution in [3.05, 3.63) is 50.7 Å². The molecule has 0 aliphatic heterocycles. The quantitative estimate of drug-likeness (QED) is 0.472. The summed E-state index contributed by atoms with van der Waals surface area (Å²) in [5, 5.41) is 16.9. The lowest BCUT2D eigenvalue weighted by atomic mass is 10.2. The van der Waals surface area contributed by atoms with Gasteiger partial charge in [-0.2, -0.15) is 0 Å². The van der Waals surface area contributed by atoms with Gasteiger partial charge in [-0.15, -0.1) is 0 Å². The molecule has 10 heteroatoms. The number of non-ortho nitro benzene ring substituents is 1. The Morgan fingerprint density at radius 2 is 2.16 bits per heavy atom. The lowest BCUT2D eigenvalue weighted by molar-refractivity contribution is -0.384. The van der Waals surface area contributed by atoms with E-state index in [0.29, 0.717) is 5.76 Å². The van der Waals surface area contributed by atoms with E-state index in [-0.39, 0.29) is 28.5 Å². The molecule has 0 saturated carbocycles. The van der Waals surface area contributed by atoms with Gasteiger partial charge in [0.05, 0.1) is 15.5 Å². The number of nitrogens with zero attached hydrogens (tertiary/aromatic N) is 2. The summed E-state index contributed by atoms with van der Waals surface area (Å²) in [6.07, 6.45) is -0.944. The molecular formula is C15H14ClN3O6. The average Bonchev–Trinajstić information content (AvgIpc) is 2.97. The van der Waals surface area contributed by atoms with Crippen molar-refractivity contribution < 1.29 is 23.8 Å². The van der Waals surface area contributed by atoms with Gasteiger partial charge >= 0.3 is 5.97 Å². The van der Waals surface area contributed by atoms with E-state index >= 15 is 0 Å². The molecule has 1 aromatic heterocycles. The van der Waals surface area contributed by atoms with Crippen molar-refractivity contribution in [2.45, 2.75) is 26.4 Å². The van der Waals surface area contributed by atoms with Crippen molar-refractivity contribution in [1.82, 2.24) is 5.16 Å². The number of anilines is 1. The van der Waals surface area contributed by atoms with E-state index in [1.165, 1.54) is 12.1 Å². The van der Waals surface area contributed by atoms with Crippen molar-refractivity contribution in [2.24, 2.45) is 0 Å². The number of aryl methyl sites for hydroxylation is 1. The molecular weight excluding hydrogens is 354 g/mol. The Morgan fingerprint density at radius 1 is 1.44 bits per heavy atom. The van der Waals surface area contributed by atoms with Crippen LogP contribution in [0.15, 0.2) is 28.8 Å². The van der Waals surface area contributed by atoms with Gasteiger partial charge in [-0.1, -0.05) is 23.7 Å². The third-order valence-corrected chi connectivity index (χ3v) is 3.50. The fourth-order valence-corrected chi connectivity index (χ4v) is 2.12. The molecule has 1 atom stereocenters. The van der Waals surface area contributed by atoms with Crippen molar-refractivity contribution >= 4 is 35.0 Å². The van der Waals surface area contributed by atoms with Crippen LogP contribution in [0.1, 0.15) is 29.5 Å². The van der Waals surface area contributed by atoms with Gasteiger partial charge in [-0.05, 0) is 19.4 Å². The van der Waals surface area contributed by atoms with Crippen LogP contribution in [0.5, 0.6) is 0 Å². The zero-order valence-electron chi connectivity index (χ0n) is 13.3. The molecule has 0 aliphatic rings. The third kappa shape index (κ3) is 4.54. The lowest BCUT2D eigenvalue weighted by Crippen LogP contribution is -2.32. The molecule has 0 radical (unpaired) electrons. The number of carbonyl (C=O) groups excluding carboxylic acids is 2. The Bertz CT molecular complexity index is 819. The van der Waals surface area contributed by atoms with Gasteiger partial charge in [-0.3, -0.25) is 14.9 Å². The van der Waals surface area contributed by atoms with Crippen LogP contribution in [0.3, 0.4) is 0 Å². The van der Waals surface area contributed by atoms with E-state index < -0.39 is 22.9 Å². The summed E-state index contributed by atoms with van der Waals surface area (Å²) in [4.78, 5) is 34.5. The molecule has 2 aromatic rings. The molecule has 25 heavy (non-hydrogen) atoms. The maximum atomic E-state index is 12.2. The Kier molecular flexibility index (Phi) is 5.71. The number of amides is 1. The lowest BCUT2D eigenvalue weighted by Gasteiger charge is -2.15. The van der Waals surface area contributed by atoms with E-state index in [0.717, 1.165) is 12.1 Å². The summed E-state index contributed by atoms with van der Waals surface area (Å²) < 4.78 is 9.95. The molecule has 0 fully saturated rings.